The zero-order valence-corrected chi connectivity index (χ0v) is 12.3. The molecule has 0 radical (unpaired) electrons. The van der Waals surface area contributed by atoms with Crippen molar-refractivity contribution in [2.24, 2.45) is 0 Å². The number of rotatable bonds is 10. The molecule has 18 heavy (non-hydrogen) atoms. The normalized spacial score (nSPS) is 15.1. The molecule has 0 fully saturated rings. The summed E-state index contributed by atoms with van der Waals surface area (Å²) < 4.78 is 5.22. The Labute approximate surface area is 111 Å². The Morgan fingerprint density at radius 3 is 2.33 bits per heavy atom. The van der Waals surface area contributed by atoms with Crippen molar-refractivity contribution >= 4 is 5.97 Å². The molecular formula is C13H28N2O3. The van der Waals surface area contributed by atoms with Gasteiger partial charge in [-0.25, -0.2) is 4.79 Å². The first kappa shape index (κ1) is 17.4. The highest BCUT2D eigenvalue weighted by atomic mass is 16.5. The minimum absolute atomic E-state index is 0.418. The molecule has 0 aromatic heterocycles. The zero-order valence-electron chi connectivity index (χ0n) is 12.3. The predicted molar refractivity (Wildman–Crippen MR) is 72.9 cm³/mol. The summed E-state index contributed by atoms with van der Waals surface area (Å²) in [6.45, 7) is 9.18. The van der Waals surface area contributed by atoms with Crippen LogP contribution >= 0.6 is 0 Å². The Balaban J connectivity index is 4.22. The van der Waals surface area contributed by atoms with Crippen molar-refractivity contribution in [3.63, 3.8) is 0 Å². The molecule has 5 nitrogen and oxygen atoms in total. The largest absolute Gasteiger partial charge is 0.479 e. The van der Waals surface area contributed by atoms with E-state index in [0.717, 1.165) is 19.6 Å². The van der Waals surface area contributed by atoms with Gasteiger partial charge in [-0.3, -0.25) is 4.90 Å². The lowest BCUT2D eigenvalue weighted by Crippen LogP contribution is -2.42. The Kier molecular flexibility index (Phi) is 8.97. The minimum Gasteiger partial charge on any atom is -0.479 e. The molecule has 0 rings (SSSR count). The Hall–Kier alpha value is -0.650. The first-order valence-corrected chi connectivity index (χ1v) is 6.65. The molecule has 0 aromatic carbocycles. The number of carboxylic acid groups (broad SMARTS) is 1. The first-order chi connectivity index (χ1) is 8.42. The summed E-state index contributed by atoms with van der Waals surface area (Å²) in [5.41, 5.74) is 0. The van der Waals surface area contributed by atoms with E-state index in [1.807, 2.05) is 21.0 Å². The van der Waals surface area contributed by atoms with Gasteiger partial charge in [-0.05, 0) is 40.9 Å². The quantitative estimate of drug-likeness (QED) is 0.638. The fourth-order valence-electron chi connectivity index (χ4n) is 2.10. The summed E-state index contributed by atoms with van der Waals surface area (Å²) in [5.74, 6) is -0.867. The van der Waals surface area contributed by atoms with E-state index in [1.54, 1.807) is 0 Å². The Morgan fingerprint density at radius 1 is 1.33 bits per heavy atom. The molecule has 0 aliphatic carbocycles. The number of likely N-dealkylation sites (N-methyl/N-ethyl adjacent to an activating group) is 2. The van der Waals surface area contributed by atoms with Crippen molar-refractivity contribution in [1.29, 1.82) is 0 Å². The number of carboxylic acids is 1. The Bertz CT molecular complexity index is 234. The van der Waals surface area contributed by atoms with Crippen molar-refractivity contribution in [3.05, 3.63) is 0 Å². The summed E-state index contributed by atoms with van der Waals surface area (Å²) in [4.78, 5) is 15.4. The standard InChI is InChI=1S/C13H28N2O3/c1-6-15(11(3)10-14(4)5)9-8-12(13(16)17)18-7-2/h11-12H,6-10H2,1-5H3,(H,16,17). The van der Waals surface area contributed by atoms with Crippen LogP contribution in [0.5, 0.6) is 0 Å². The molecule has 0 bridgehead atoms. The molecule has 2 unspecified atom stereocenters. The molecule has 5 heteroatoms. The predicted octanol–water partition coefficient (Wildman–Crippen LogP) is 1.14. The molecule has 0 aliphatic heterocycles. The highest BCUT2D eigenvalue weighted by Gasteiger charge is 2.20. The SMILES string of the molecule is CCOC(CCN(CC)C(C)CN(C)C)C(=O)O. The van der Waals surface area contributed by atoms with Crippen LogP contribution in [-0.4, -0.2) is 73.4 Å². The van der Waals surface area contributed by atoms with Gasteiger partial charge in [0.05, 0.1) is 0 Å². The molecule has 1 N–H and O–H groups in total. The van der Waals surface area contributed by atoms with E-state index in [9.17, 15) is 4.79 Å². The second kappa shape index (κ2) is 9.30. The van der Waals surface area contributed by atoms with E-state index in [-0.39, 0.29) is 0 Å². The minimum atomic E-state index is -0.867. The van der Waals surface area contributed by atoms with Crippen LogP contribution in [0, 0.1) is 0 Å². The van der Waals surface area contributed by atoms with Gasteiger partial charge in [-0.1, -0.05) is 6.92 Å². The summed E-state index contributed by atoms with van der Waals surface area (Å²) in [5, 5.41) is 9.02. The molecule has 0 saturated heterocycles. The molecule has 2 atom stereocenters. The van der Waals surface area contributed by atoms with E-state index in [1.165, 1.54) is 0 Å². The molecule has 0 spiro atoms. The van der Waals surface area contributed by atoms with Crippen molar-refractivity contribution in [2.75, 3.05) is 40.3 Å². The van der Waals surface area contributed by atoms with E-state index in [4.69, 9.17) is 9.84 Å². The number of hydrogen-bond acceptors (Lipinski definition) is 4. The summed E-state index contributed by atoms with van der Waals surface area (Å²) in [6, 6.07) is 0.418. The van der Waals surface area contributed by atoms with Crippen molar-refractivity contribution in [3.8, 4) is 0 Å². The maximum Gasteiger partial charge on any atom is 0.332 e. The monoisotopic (exact) mass is 260 g/mol. The van der Waals surface area contributed by atoms with Crippen molar-refractivity contribution in [1.82, 2.24) is 9.80 Å². The average Bonchev–Trinajstić information content (AvgIpc) is 2.27. The molecule has 0 heterocycles. The number of aliphatic carboxylic acids is 1. The molecule has 0 saturated carbocycles. The van der Waals surface area contributed by atoms with Gasteiger partial charge in [-0.15, -0.1) is 0 Å². The zero-order chi connectivity index (χ0) is 14.1. The van der Waals surface area contributed by atoms with E-state index >= 15 is 0 Å². The average molecular weight is 260 g/mol. The highest BCUT2D eigenvalue weighted by Crippen LogP contribution is 2.06. The van der Waals surface area contributed by atoms with Gasteiger partial charge < -0.3 is 14.7 Å². The maximum absolute atomic E-state index is 11.0. The van der Waals surface area contributed by atoms with Crippen LogP contribution < -0.4 is 0 Å². The van der Waals surface area contributed by atoms with Crippen LogP contribution in [0.3, 0.4) is 0 Å². The third-order valence-electron chi connectivity index (χ3n) is 2.98. The van der Waals surface area contributed by atoms with Crippen LogP contribution in [0.15, 0.2) is 0 Å². The third kappa shape index (κ3) is 6.93. The number of carbonyl (C=O) groups is 1. The van der Waals surface area contributed by atoms with Gasteiger partial charge in [0, 0.05) is 25.7 Å². The molecule has 0 amide bonds. The van der Waals surface area contributed by atoms with Crippen LogP contribution in [0.25, 0.3) is 0 Å². The van der Waals surface area contributed by atoms with E-state index in [0.29, 0.717) is 19.1 Å². The Morgan fingerprint density at radius 2 is 1.94 bits per heavy atom. The van der Waals surface area contributed by atoms with Gasteiger partial charge >= 0.3 is 5.97 Å². The van der Waals surface area contributed by atoms with Crippen LogP contribution in [0.4, 0.5) is 0 Å². The summed E-state index contributed by atoms with van der Waals surface area (Å²) in [7, 11) is 4.09. The topological polar surface area (TPSA) is 53.0 Å². The third-order valence-corrected chi connectivity index (χ3v) is 2.98. The smallest absolute Gasteiger partial charge is 0.332 e. The second-order valence-electron chi connectivity index (χ2n) is 4.81. The lowest BCUT2D eigenvalue weighted by atomic mass is 10.2. The summed E-state index contributed by atoms with van der Waals surface area (Å²) >= 11 is 0. The second-order valence-corrected chi connectivity index (χ2v) is 4.81. The van der Waals surface area contributed by atoms with E-state index < -0.39 is 12.1 Å². The van der Waals surface area contributed by atoms with Crippen LogP contribution in [-0.2, 0) is 9.53 Å². The molecule has 108 valence electrons. The van der Waals surface area contributed by atoms with Gasteiger partial charge in [0.25, 0.3) is 0 Å². The van der Waals surface area contributed by atoms with Crippen molar-refractivity contribution in [2.45, 2.75) is 39.3 Å². The van der Waals surface area contributed by atoms with Crippen molar-refractivity contribution < 1.29 is 14.6 Å². The summed E-state index contributed by atoms with van der Waals surface area (Å²) in [6.07, 6.45) is -0.148. The van der Waals surface area contributed by atoms with Crippen LogP contribution in [0.1, 0.15) is 27.2 Å². The number of hydrogen-bond donors (Lipinski definition) is 1. The van der Waals surface area contributed by atoms with E-state index in [2.05, 4.69) is 23.6 Å². The maximum atomic E-state index is 11.0. The number of ether oxygens (including phenoxy) is 1. The molecule has 0 aromatic rings. The van der Waals surface area contributed by atoms with Gasteiger partial charge in [0.15, 0.2) is 6.10 Å². The number of nitrogens with zero attached hydrogens (tertiary/aromatic N) is 2. The van der Waals surface area contributed by atoms with Gasteiger partial charge in [0.1, 0.15) is 0 Å². The van der Waals surface area contributed by atoms with Gasteiger partial charge in [-0.2, -0.15) is 0 Å². The highest BCUT2D eigenvalue weighted by molar-refractivity contribution is 5.72. The van der Waals surface area contributed by atoms with Gasteiger partial charge in [0.2, 0.25) is 0 Å². The lowest BCUT2D eigenvalue weighted by molar-refractivity contribution is -0.150. The molecular weight excluding hydrogens is 232 g/mol. The fourth-order valence-corrected chi connectivity index (χ4v) is 2.10. The first-order valence-electron chi connectivity index (χ1n) is 6.65. The fraction of sp³-hybridized carbons (Fsp3) is 0.923. The van der Waals surface area contributed by atoms with Crippen LogP contribution in [0.2, 0.25) is 0 Å². The molecule has 0 aliphatic rings. The lowest BCUT2D eigenvalue weighted by Gasteiger charge is -2.30.